The molecule has 3 heterocycles. The molecule has 11 nitrogen and oxygen atoms in total. The van der Waals surface area contributed by atoms with Crippen molar-refractivity contribution in [3.63, 3.8) is 0 Å². The van der Waals surface area contributed by atoms with Gasteiger partial charge in [-0.2, -0.15) is 0 Å². The lowest BCUT2D eigenvalue weighted by molar-refractivity contribution is -0.384. The number of non-ortho nitro benzene ring substituents is 1. The summed E-state index contributed by atoms with van der Waals surface area (Å²) in [5.74, 6) is -0.478. The third-order valence-electron chi connectivity index (χ3n) is 5.90. The first-order chi connectivity index (χ1) is 16.7. The molecule has 0 bridgehead atoms. The zero-order chi connectivity index (χ0) is 25.3. The Morgan fingerprint density at radius 1 is 1.23 bits per heavy atom. The van der Waals surface area contributed by atoms with Gasteiger partial charge < -0.3 is 18.9 Å². The van der Waals surface area contributed by atoms with Gasteiger partial charge in [-0.25, -0.2) is 0 Å². The molecule has 2 aliphatic rings. The van der Waals surface area contributed by atoms with Crippen molar-refractivity contribution >= 4 is 40.6 Å². The van der Waals surface area contributed by atoms with Crippen LogP contribution in [0.2, 0.25) is 0 Å². The van der Waals surface area contributed by atoms with E-state index in [4.69, 9.17) is 9.47 Å². The Hall–Kier alpha value is -3.64. The SMILES string of the molecule is COc1cc([N+](=O)[O-])ccc1-n1c(C)cc(/C=C2/SC(=O)N(CC(=O)N3CCOCC3)C2=O)c1C. The maximum Gasteiger partial charge on any atom is 0.294 e. The summed E-state index contributed by atoms with van der Waals surface area (Å²) in [6.45, 7) is 5.13. The fourth-order valence-electron chi connectivity index (χ4n) is 4.09. The van der Waals surface area contributed by atoms with Crippen molar-refractivity contribution in [1.29, 1.82) is 0 Å². The lowest BCUT2D eigenvalue weighted by Crippen LogP contribution is -2.46. The third-order valence-corrected chi connectivity index (χ3v) is 6.81. The Morgan fingerprint density at radius 3 is 2.60 bits per heavy atom. The van der Waals surface area contributed by atoms with E-state index in [1.54, 1.807) is 17.0 Å². The molecule has 2 aliphatic heterocycles. The number of aryl methyl sites for hydroxylation is 1. The van der Waals surface area contributed by atoms with Crippen LogP contribution in [0.3, 0.4) is 0 Å². The predicted octanol–water partition coefficient (Wildman–Crippen LogP) is 2.91. The number of hydrogen-bond donors (Lipinski definition) is 0. The van der Waals surface area contributed by atoms with Gasteiger partial charge in [0.2, 0.25) is 5.91 Å². The monoisotopic (exact) mass is 500 g/mol. The standard InChI is InChI=1S/C23H24N4O7S/c1-14-10-16(15(2)26(14)18-5-4-17(27(31)32)12-19(18)33-3)11-20-22(29)25(23(30)35-20)13-21(28)24-6-8-34-9-7-24/h4-5,10-12H,6-9,13H2,1-3H3/b20-11+. The van der Waals surface area contributed by atoms with Crippen LogP contribution in [0.15, 0.2) is 29.2 Å². The van der Waals surface area contributed by atoms with Crippen molar-refractivity contribution in [2.75, 3.05) is 40.0 Å². The summed E-state index contributed by atoms with van der Waals surface area (Å²) in [4.78, 5) is 51.4. The first kappa shape index (κ1) is 24.5. The lowest BCUT2D eigenvalue weighted by atomic mass is 10.2. The van der Waals surface area contributed by atoms with Crippen LogP contribution >= 0.6 is 11.8 Å². The number of thioether (sulfide) groups is 1. The molecule has 2 saturated heterocycles. The highest BCUT2D eigenvalue weighted by Gasteiger charge is 2.37. The number of nitro groups is 1. The molecule has 12 heteroatoms. The molecule has 35 heavy (non-hydrogen) atoms. The van der Waals surface area contributed by atoms with Crippen LogP contribution in [-0.4, -0.2) is 76.3 Å². The second kappa shape index (κ2) is 9.92. The Morgan fingerprint density at radius 2 is 1.94 bits per heavy atom. The summed E-state index contributed by atoms with van der Waals surface area (Å²) in [5, 5.41) is 10.6. The van der Waals surface area contributed by atoms with Crippen molar-refractivity contribution in [3.8, 4) is 11.4 Å². The maximum atomic E-state index is 12.9. The van der Waals surface area contributed by atoms with Gasteiger partial charge in [0.1, 0.15) is 12.3 Å². The van der Waals surface area contributed by atoms with Gasteiger partial charge >= 0.3 is 0 Å². The quantitative estimate of drug-likeness (QED) is 0.337. The number of amides is 3. The number of nitro benzene ring substituents is 1. The molecule has 0 aliphatic carbocycles. The van der Waals surface area contributed by atoms with E-state index in [0.29, 0.717) is 43.3 Å². The number of hydrogen-bond acceptors (Lipinski definition) is 8. The first-order valence-electron chi connectivity index (χ1n) is 10.8. The minimum Gasteiger partial charge on any atom is -0.494 e. The fraction of sp³-hybridized carbons (Fsp3) is 0.348. The smallest absolute Gasteiger partial charge is 0.294 e. The molecule has 2 aromatic rings. The van der Waals surface area contributed by atoms with Crippen LogP contribution in [0.1, 0.15) is 17.0 Å². The van der Waals surface area contributed by atoms with Crippen LogP contribution in [0.4, 0.5) is 10.5 Å². The van der Waals surface area contributed by atoms with E-state index < -0.39 is 16.1 Å². The van der Waals surface area contributed by atoms with Crippen molar-refractivity contribution in [2.45, 2.75) is 13.8 Å². The summed E-state index contributed by atoms with van der Waals surface area (Å²) in [6.07, 6.45) is 1.63. The number of nitrogens with zero attached hydrogens (tertiary/aromatic N) is 4. The Bertz CT molecular complexity index is 1250. The number of carbonyl (C=O) groups excluding carboxylic acids is 3. The van der Waals surface area contributed by atoms with Crippen LogP contribution in [0.25, 0.3) is 11.8 Å². The van der Waals surface area contributed by atoms with E-state index in [1.165, 1.54) is 19.2 Å². The number of benzene rings is 1. The lowest BCUT2D eigenvalue weighted by Gasteiger charge is -2.28. The molecule has 0 radical (unpaired) electrons. The van der Waals surface area contributed by atoms with Gasteiger partial charge in [-0.15, -0.1) is 0 Å². The molecule has 184 valence electrons. The summed E-state index contributed by atoms with van der Waals surface area (Å²) in [6, 6.07) is 6.20. The fourth-order valence-corrected chi connectivity index (χ4v) is 4.92. The van der Waals surface area contributed by atoms with Gasteiger partial charge in [0, 0.05) is 30.5 Å². The largest absolute Gasteiger partial charge is 0.494 e. The van der Waals surface area contributed by atoms with Crippen LogP contribution in [0.5, 0.6) is 5.75 Å². The Balaban J connectivity index is 1.60. The van der Waals surface area contributed by atoms with Crippen LogP contribution < -0.4 is 4.74 Å². The van der Waals surface area contributed by atoms with E-state index in [1.807, 2.05) is 24.5 Å². The Labute approximate surface area is 205 Å². The summed E-state index contributed by atoms with van der Waals surface area (Å²) >= 11 is 0.792. The molecule has 0 saturated carbocycles. The van der Waals surface area contributed by atoms with E-state index >= 15 is 0 Å². The highest BCUT2D eigenvalue weighted by molar-refractivity contribution is 8.18. The van der Waals surface area contributed by atoms with Gasteiger partial charge in [0.05, 0.1) is 41.9 Å². The maximum absolute atomic E-state index is 12.9. The molecule has 0 spiro atoms. The molecule has 1 aromatic heterocycles. The summed E-state index contributed by atoms with van der Waals surface area (Å²) < 4.78 is 12.5. The molecule has 4 rings (SSSR count). The number of ether oxygens (including phenoxy) is 2. The zero-order valence-electron chi connectivity index (χ0n) is 19.5. The van der Waals surface area contributed by atoms with Gasteiger partial charge in [-0.1, -0.05) is 0 Å². The molecule has 0 atom stereocenters. The number of morpholine rings is 1. The van der Waals surface area contributed by atoms with Crippen LogP contribution in [-0.2, 0) is 14.3 Å². The van der Waals surface area contributed by atoms with Crippen molar-refractivity contribution in [1.82, 2.24) is 14.4 Å². The highest BCUT2D eigenvalue weighted by atomic mass is 32.2. The molecule has 2 fully saturated rings. The van der Waals surface area contributed by atoms with E-state index in [2.05, 4.69) is 0 Å². The number of rotatable bonds is 6. The van der Waals surface area contributed by atoms with Crippen molar-refractivity contribution in [2.24, 2.45) is 0 Å². The second-order valence-electron chi connectivity index (χ2n) is 8.04. The second-order valence-corrected chi connectivity index (χ2v) is 9.03. The van der Waals surface area contributed by atoms with Gasteiger partial charge in [-0.3, -0.25) is 29.4 Å². The van der Waals surface area contributed by atoms with E-state index in [-0.39, 0.29) is 23.0 Å². The summed E-state index contributed by atoms with van der Waals surface area (Å²) in [5.41, 5.74) is 2.78. The first-order valence-corrected chi connectivity index (χ1v) is 11.7. The highest BCUT2D eigenvalue weighted by Crippen LogP contribution is 2.35. The molecular formula is C23H24N4O7S. The molecule has 1 aromatic carbocycles. The number of imide groups is 1. The van der Waals surface area contributed by atoms with Crippen molar-refractivity contribution in [3.05, 3.63) is 56.2 Å². The minimum atomic E-state index is -0.515. The molecule has 3 amide bonds. The molecular weight excluding hydrogens is 476 g/mol. The zero-order valence-corrected chi connectivity index (χ0v) is 20.3. The van der Waals surface area contributed by atoms with Gasteiger partial charge in [-0.05, 0) is 49.4 Å². The summed E-state index contributed by atoms with van der Waals surface area (Å²) in [7, 11) is 1.44. The van der Waals surface area contributed by atoms with Crippen molar-refractivity contribution < 1.29 is 28.8 Å². The number of aromatic nitrogens is 1. The van der Waals surface area contributed by atoms with Crippen LogP contribution in [0, 0.1) is 24.0 Å². The Kier molecular flexibility index (Phi) is 6.94. The molecule has 0 N–H and O–H groups in total. The van der Waals surface area contributed by atoms with Gasteiger partial charge in [0.25, 0.3) is 16.8 Å². The average molecular weight is 501 g/mol. The number of methoxy groups -OCH3 is 1. The minimum absolute atomic E-state index is 0.0893. The predicted molar refractivity (Wildman–Crippen MR) is 129 cm³/mol. The average Bonchev–Trinajstić information content (AvgIpc) is 3.27. The topological polar surface area (TPSA) is 124 Å². The van der Waals surface area contributed by atoms with Gasteiger partial charge in [0.15, 0.2) is 0 Å². The normalized spacial score (nSPS) is 17.4. The van der Waals surface area contributed by atoms with E-state index in [9.17, 15) is 24.5 Å². The number of carbonyl (C=O) groups is 3. The third kappa shape index (κ3) is 4.80. The van der Waals surface area contributed by atoms with E-state index in [0.717, 1.165) is 28.0 Å². The molecule has 0 unspecified atom stereocenters.